The summed E-state index contributed by atoms with van der Waals surface area (Å²) in [5.74, 6) is 0. The minimum absolute atomic E-state index is 0.607. The molecule has 0 radical (unpaired) electrons. The van der Waals surface area contributed by atoms with Crippen LogP contribution in [0.3, 0.4) is 0 Å². The molecule has 0 atom stereocenters. The van der Waals surface area contributed by atoms with Crippen LogP contribution in [0.5, 0.6) is 0 Å². The molecule has 0 saturated carbocycles. The van der Waals surface area contributed by atoms with Gasteiger partial charge in [0.25, 0.3) is 0 Å². The number of anilines is 1. The molecule has 28 heavy (non-hydrogen) atoms. The summed E-state index contributed by atoms with van der Waals surface area (Å²) in [7, 11) is 2.18. The van der Waals surface area contributed by atoms with Crippen molar-refractivity contribution < 1.29 is 0 Å². The number of nitrogen functional groups attached to an aromatic ring is 1. The van der Waals surface area contributed by atoms with E-state index in [1.54, 1.807) is 0 Å². The van der Waals surface area contributed by atoms with Crippen LogP contribution in [0.1, 0.15) is 22.3 Å². The molecule has 2 N–H and O–H groups in total. The predicted molar refractivity (Wildman–Crippen MR) is 116 cm³/mol. The highest BCUT2D eigenvalue weighted by atomic mass is 32.1. The number of benzene rings is 2. The molecule has 6 rings (SSSR count). The number of rotatable bonds is 1. The molecule has 0 unspecified atom stereocenters. The van der Waals surface area contributed by atoms with Crippen LogP contribution >= 0.6 is 11.3 Å². The Labute approximate surface area is 166 Å². The van der Waals surface area contributed by atoms with E-state index in [1.165, 1.54) is 39.0 Å². The van der Waals surface area contributed by atoms with E-state index >= 15 is 0 Å². The number of nitrogens with two attached hydrogens (primary N) is 1. The van der Waals surface area contributed by atoms with E-state index in [9.17, 15) is 0 Å². The number of likely N-dealkylation sites (N-methyl/N-ethyl adjacent to an activating group) is 1. The van der Waals surface area contributed by atoms with Gasteiger partial charge in [0, 0.05) is 35.8 Å². The molecule has 2 aliphatic heterocycles. The Morgan fingerprint density at radius 1 is 1.07 bits per heavy atom. The van der Waals surface area contributed by atoms with Gasteiger partial charge in [0.1, 0.15) is 0 Å². The summed E-state index contributed by atoms with van der Waals surface area (Å²) >= 11 is 1.53. The number of aliphatic imine (C=N–C) groups is 1. The third-order valence-electron chi connectivity index (χ3n) is 5.83. The summed E-state index contributed by atoms with van der Waals surface area (Å²) in [5.41, 5.74) is 15.5. The van der Waals surface area contributed by atoms with E-state index in [0.717, 1.165) is 53.0 Å². The summed E-state index contributed by atoms with van der Waals surface area (Å²) in [6.07, 6.45) is 3.07. The first-order chi connectivity index (χ1) is 13.7. The average molecular weight is 385 g/mol. The molecule has 2 aliphatic rings. The van der Waals surface area contributed by atoms with Crippen molar-refractivity contribution in [3.05, 3.63) is 52.6 Å². The van der Waals surface area contributed by atoms with Crippen LogP contribution in [0.4, 0.5) is 5.13 Å². The van der Waals surface area contributed by atoms with Gasteiger partial charge in [-0.25, -0.2) is 9.97 Å². The Hall–Kier alpha value is -2.83. The highest BCUT2D eigenvalue weighted by molar-refractivity contribution is 7.22. The third kappa shape index (κ3) is 2.31. The first kappa shape index (κ1) is 16.2. The van der Waals surface area contributed by atoms with Gasteiger partial charge >= 0.3 is 0 Å². The number of hydrogen-bond acceptors (Lipinski definition) is 6. The van der Waals surface area contributed by atoms with E-state index in [-0.39, 0.29) is 0 Å². The Morgan fingerprint density at radius 2 is 1.96 bits per heavy atom. The van der Waals surface area contributed by atoms with E-state index in [0.29, 0.717) is 5.13 Å². The van der Waals surface area contributed by atoms with Gasteiger partial charge in [-0.2, -0.15) is 0 Å². The van der Waals surface area contributed by atoms with Gasteiger partial charge in [-0.1, -0.05) is 23.5 Å². The number of hydrogen-bond donors (Lipinski definition) is 1. The van der Waals surface area contributed by atoms with Gasteiger partial charge in [0.15, 0.2) is 5.13 Å². The van der Waals surface area contributed by atoms with Crippen molar-refractivity contribution >= 4 is 43.8 Å². The zero-order valence-electron chi connectivity index (χ0n) is 15.6. The summed E-state index contributed by atoms with van der Waals surface area (Å²) < 4.78 is 1.11. The van der Waals surface area contributed by atoms with E-state index in [4.69, 9.17) is 10.7 Å². The summed E-state index contributed by atoms with van der Waals surface area (Å²) in [6.45, 7) is 2.76. The van der Waals surface area contributed by atoms with Crippen LogP contribution in [-0.4, -0.2) is 34.7 Å². The standard InChI is InChI=1S/C22H19N5S/c1-27-7-6-14-16(11-27)21(12-2-4-17-19(8-12)28-22(23)26-17)25-18-5-3-13-9-24-10-15(13)20(14)18/h2-5,8,10H,6-7,9,11H2,1H3,(H2,23,26). The lowest BCUT2D eigenvalue weighted by Gasteiger charge is -2.28. The van der Waals surface area contributed by atoms with Gasteiger partial charge in [-0.3, -0.25) is 4.99 Å². The van der Waals surface area contributed by atoms with Gasteiger partial charge in [-0.05, 0) is 48.4 Å². The minimum atomic E-state index is 0.607. The SMILES string of the molecule is CN1CCc2c(c(-c3ccc4nc(N)sc4c3)nc3ccc4c(c23)C=NC4)C1. The maximum atomic E-state index is 5.91. The number of pyridine rings is 1. The first-order valence-corrected chi connectivity index (χ1v) is 10.3. The number of nitrogens with zero attached hydrogens (tertiary/aromatic N) is 4. The molecule has 5 nitrogen and oxygen atoms in total. The van der Waals surface area contributed by atoms with Crippen LogP contribution < -0.4 is 5.73 Å². The lowest BCUT2D eigenvalue weighted by atomic mass is 9.89. The molecule has 0 aliphatic carbocycles. The smallest absolute Gasteiger partial charge is 0.181 e. The Morgan fingerprint density at radius 3 is 2.89 bits per heavy atom. The highest BCUT2D eigenvalue weighted by Crippen LogP contribution is 2.38. The van der Waals surface area contributed by atoms with E-state index < -0.39 is 0 Å². The molecule has 0 saturated heterocycles. The molecule has 4 aromatic rings. The summed E-state index contributed by atoms with van der Waals surface area (Å²) in [4.78, 5) is 16.4. The van der Waals surface area contributed by atoms with Crippen molar-refractivity contribution in [3.63, 3.8) is 0 Å². The van der Waals surface area contributed by atoms with Crippen LogP contribution in [0.15, 0.2) is 35.3 Å². The maximum Gasteiger partial charge on any atom is 0.181 e. The monoisotopic (exact) mass is 385 g/mol. The van der Waals surface area contributed by atoms with Gasteiger partial charge in [0.05, 0.1) is 28.0 Å². The summed E-state index contributed by atoms with van der Waals surface area (Å²) in [5, 5.41) is 1.91. The molecule has 4 heterocycles. The molecule has 0 spiro atoms. The van der Waals surface area contributed by atoms with Crippen molar-refractivity contribution in [2.75, 3.05) is 19.3 Å². The quantitative estimate of drug-likeness (QED) is 0.537. The zero-order valence-corrected chi connectivity index (χ0v) is 16.4. The fraction of sp³-hybridized carbons (Fsp3) is 0.227. The Bertz CT molecular complexity index is 1300. The molecule has 6 heteroatoms. The van der Waals surface area contributed by atoms with Crippen molar-refractivity contribution in [1.82, 2.24) is 14.9 Å². The summed E-state index contributed by atoms with van der Waals surface area (Å²) in [6, 6.07) is 10.7. The van der Waals surface area contributed by atoms with Crippen LogP contribution in [0, 0.1) is 0 Å². The number of fused-ring (bicyclic) bond motifs is 6. The largest absolute Gasteiger partial charge is 0.375 e. The highest BCUT2D eigenvalue weighted by Gasteiger charge is 2.24. The van der Waals surface area contributed by atoms with Crippen LogP contribution in [0.25, 0.3) is 32.4 Å². The van der Waals surface area contributed by atoms with E-state index in [1.807, 2.05) is 6.21 Å². The number of aromatic nitrogens is 2. The lowest BCUT2D eigenvalue weighted by Crippen LogP contribution is -2.27. The lowest BCUT2D eigenvalue weighted by molar-refractivity contribution is 0.314. The fourth-order valence-corrected chi connectivity index (χ4v) is 5.26. The molecule has 0 bridgehead atoms. The Balaban J connectivity index is 1.67. The van der Waals surface area contributed by atoms with Crippen LogP contribution in [0.2, 0.25) is 0 Å². The molecule has 2 aromatic carbocycles. The average Bonchev–Trinajstić information content (AvgIpc) is 3.31. The van der Waals surface area contributed by atoms with E-state index in [2.05, 4.69) is 52.3 Å². The van der Waals surface area contributed by atoms with Gasteiger partial charge < -0.3 is 10.6 Å². The minimum Gasteiger partial charge on any atom is -0.375 e. The van der Waals surface area contributed by atoms with Gasteiger partial charge in [0.2, 0.25) is 0 Å². The Kier molecular flexibility index (Phi) is 3.36. The second-order valence-electron chi connectivity index (χ2n) is 7.64. The molecule has 2 aromatic heterocycles. The maximum absolute atomic E-state index is 5.91. The van der Waals surface area contributed by atoms with Crippen molar-refractivity contribution in [2.45, 2.75) is 19.5 Å². The van der Waals surface area contributed by atoms with Gasteiger partial charge in [-0.15, -0.1) is 0 Å². The molecular formula is C22H19N5S. The van der Waals surface area contributed by atoms with Crippen molar-refractivity contribution in [1.29, 1.82) is 0 Å². The number of thiazole rings is 1. The normalized spacial score (nSPS) is 16.0. The predicted octanol–water partition coefficient (Wildman–Crippen LogP) is 4.01. The van der Waals surface area contributed by atoms with Crippen LogP contribution in [-0.2, 0) is 19.5 Å². The second-order valence-corrected chi connectivity index (χ2v) is 8.70. The zero-order chi connectivity index (χ0) is 18.8. The third-order valence-corrected chi connectivity index (χ3v) is 6.68. The molecule has 138 valence electrons. The molecular weight excluding hydrogens is 366 g/mol. The molecule has 0 fully saturated rings. The first-order valence-electron chi connectivity index (χ1n) is 9.49. The second kappa shape index (κ2) is 5.83. The van der Waals surface area contributed by atoms with Crippen molar-refractivity contribution in [3.8, 4) is 11.3 Å². The fourth-order valence-electron chi connectivity index (χ4n) is 4.49. The molecule has 0 amide bonds. The topological polar surface area (TPSA) is 67.4 Å². The van der Waals surface area contributed by atoms with Crippen molar-refractivity contribution in [2.24, 2.45) is 4.99 Å².